The quantitative estimate of drug-likeness (QED) is 0.814. The molecule has 1 saturated heterocycles. The minimum Gasteiger partial charge on any atom is -0.444 e. The summed E-state index contributed by atoms with van der Waals surface area (Å²) in [5.74, 6) is 0.0159. The molecule has 0 aromatic carbocycles. The van der Waals surface area contributed by atoms with Crippen molar-refractivity contribution in [3.05, 3.63) is 10.0 Å². The molecular weight excluding hydrogens is 338 g/mol. The second-order valence-electron chi connectivity index (χ2n) is 8.58. The van der Waals surface area contributed by atoms with Crippen LogP contribution in [0.25, 0.3) is 0 Å². The van der Waals surface area contributed by atoms with Gasteiger partial charge >= 0.3 is 6.09 Å². The molecule has 1 aromatic rings. The molecule has 140 valence electrons. The van der Waals surface area contributed by atoms with E-state index in [1.165, 1.54) is 11.3 Å². The minimum atomic E-state index is -0.567. The molecule has 1 aliphatic rings. The first-order valence-corrected chi connectivity index (χ1v) is 9.64. The first kappa shape index (κ1) is 19.8. The van der Waals surface area contributed by atoms with Gasteiger partial charge in [0.25, 0.3) is 0 Å². The minimum absolute atomic E-state index is 0.0159. The number of rotatable bonds is 3. The molecule has 0 bridgehead atoms. The monoisotopic (exact) mass is 367 g/mol. The van der Waals surface area contributed by atoms with E-state index in [0.29, 0.717) is 18.0 Å². The fraction of sp³-hybridized carbons (Fsp3) is 0.778. The number of hydrogen-bond acceptors (Lipinski definition) is 6. The normalized spacial score (nSPS) is 19.0. The highest BCUT2D eigenvalue weighted by atomic mass is 32.1. The molecule has 0 saturated carbocycles. The highest BCUT2D eigenvalue weighted by Gasteiger charge is 2.35. The Morgan fingerprint density at radius 3 is 2.40 bits per heavy atom. The van der Waals surface area contributed by atoms with Gasteiger partial charge in [0, 0.05) is 12.0 Å². The third-order valence-corrected chi connectivity index (χ3v) is 5.29. The van der Waals surface area contributed by atoms with E-state index in [0.717, 1.165) is 17.8 Å². The largest absolute Gasteiger partial charge is 0.444 e. The second kappa shape index (κ2) is 7.40. The zero-order valence-corrected chi connectivity index (χ0v) is 16.9. The van der Waals surface area contributed by atoms with Crippen LogP contribution >= 0.6 is 11.3 Å². The number of Topliss-reactive ketones (excluding diaryl/α,β-unsaturated/α-hetero) is 1. The number of hydrogen-bond donors (Lipinski definition) is 0. The predicted molar refractivity (Wildman–Crippen MR) is 97.9 cm³/mol. The van der Waals surface area contributed by atoms with E-state index in [-0.39, 0.29) is 17.6 Å². The number of likely N-dealkylation sites (tertiary alicyclic amines) is 1. The molecule has 7 heteroatoms. The van der Waals surface area contributed by atoms with Crippen LogP contribution in [0.5, 0.6) is 0 Å². The summed E-state index contributed by atoms with van der Waals surface area (Å²) in [6, 6.07) is -0.425. The number of ether oxygens (including phenoxy) is 1. The number of carbonyl (C=O) groups excluding carboxylic acids is 2. The van der Waals surface area contributed by atoms with Crippen molar-refractivity contribution in [2.75, 3.05) is 6.54 Å². The Kier molecular flexibility index (Phi) is 5.86. The Morgan fingerprint density at radius 1 is 1.16 bits per heavy atom. The smallest absolute Gasteiger partial charge is 0.410 e. The maximum atomic E-state index is 12.8. The maximum Gasteiger partial charge on any atom is 0.410 e. The van der Waals surface area contributed by atoms with Crippen molar-refractivity contribution in [3.8, 4) is 0 Å². The molecule has 0 radical (unpaired) electrons. The van der Waals surface area contributed by atoms with Gasteiger partial charge in [-0.3, -0.25) is 9.69 Å². The third-order valence-electron chi connectivity index (χ3n) is 3.94. The van der Waals surface area contributed by atoms with E-state index < -0.39 is 17.7 Å². The Labute approximate surface area is 154 Å². The topological polar surface area (TPSA) is 72.4 Å². The fourth-order valence-electron chi connectivity index (χ4n) is 2.70. The van der Waals surface area contributed by atoms with Crippen molar-refractivity contribution in [1.82, 2.24) is 15.1 Å². The van der Waals surface area contributed by atoms with E-state index in [9.17, 15) is 9.59 Å². The molecule has 0 unspecified atom stereocenters. The number of aromatic nitrogens is 2. The molecule has 1 fully saturated rings. The van der Waals surface area contributed by atoms with Crippen molar-refractivity contribution in [1.29, 1.82) is 0 Å². The lowest BCUT2D eigenvalue weighted by molar-refractivity contribution is -0.124. The van der Waals surface area contributed by atoms with Gasteiger partial charge in [0.15, 0.2) is 5.78 Å². The molecule has 2 rings (SSSR count). The standard InChI is InChI=1S/C18H29N3O3S/c1-17(2,3)15-20-19-14(25-15)11-13(22)12-9-7-8-10-21(12)16(23)24-18(4,5)6/h12H,7-11H2,1-6H3/t12-/m0/s1. The van der Waals surface area contributed by atoms with Gasteiger partial charge in [-0.1, -0.05) is 20.8 Å². The van der Waals surface area contributed by atoms with Crippen LogP contribution in [0.4, 0.5) is 4.79 Å². The first-order chi connectivity index (χ1) is 11.5. The number of carbonyl (C=O) groups is 2. The average Bonchev–Trinajstić information content (AvgIpc) is 2.94. The van der Waals surface area contributed by atoms with Gasteiger partial charge in [-0.2, -0.15) is 0 Å². The lowest BCUT2D eigenvalue weighted by Crippen LogP contribution is -2.50. The molecule has 25 heavy (non-hydrogen) atoms. The SMILES string of the molecule is CC(C)(C)OC(=O)N1CCCC[C@H]1C(=O)Cc1nnc(C(C)(C)C)s1. The first-order valence-electron chi connectivity index (χ1n) is 8.82. The van der Waals surface area contributed by atoms with Crippen LogP contribution in [0, 0.1) is 0 Å². The van der Waals surface area contributed by atoms with Gasteiger partial charge in [0.2, 0.25) is 0 Å². The number of amides is 1. The molecule has 1 aromatic heterocycles. The summed E-state index contributed by atoms with van der Waals surface area (Å²) in [6.45, 7) is 12.3. The van der Waals surface area contributed by atoms with Crippen LogP contribution in [-0.2, 0) is 21.4 Å². The van der Waals surface area contributed by atoms with Gasteiger partial charge in [-0.15, -0.1) is 21.5 Å². The molecule has 0 spiro atoms. The molecule has 1 aliphatic heterocycles. The molecular formula is C18H29N3O3S. The molecule has 1 atom stereocenters. The number of piperidine rings is 1. The third kappa shape index (κ3) is 5.49. The Hall–Kier alpha value is -1.50. The lowest BCUT2D eigenvalue weighted by atomic mass is 9.97. The van der Waals surface area contributed by atoms with E-state index in [1.807, 2.05) is 20.8 Å². The van der Waals surface area contributed by atoms with Gasteiger partial charge in [-0.25, -0.2) is 4.79 Å². The van der Waals surface area contributed by atoms with E-state index in [1.54, 1.807) is 4.90 Å². The zero-order valence-electron chi connectivity index (χ0n) is 16.1. The molecule has 2 heterocycles. The highest BCUT2D eigenvalue weighted by Crippen LogP contribution is 2.27. The summed E-state index contributed by atoms with van der Waals surface area (Å²) in [5, 5.41) is 9.99. The summed E-state index contributed by atoms with van der Waals surface area (Å²) < 4.78 is 5.47. The fourth-order valence-corrected chi connectivity index (χ4v) is 3.61. The highest BCUT2D eigenvalue weighted by molar-refractivity contribution is 7.11. The van der Waals surface area contributed by atoms with Crippen LogP contribution in [0.3, 0.4) is 0 Å². The van der Waals surface area contributed by atoms with E-state index in [2.05, 4.69) is 31.0 Å². The lowest BCUT2D eigenvalue weighted by Gasteiger charge is -2.35. The summed E-state index contributed by atoms with van der Waals surface area (Å²) in [6.07, 6.45) is 2.34. The van der Waals surface area contributed by atoms with Crippen LogP contribution in [0.1, 0.15) is 70.8 Å². The van der Waals surface area contributed by atoms with Crippen LogP contribution in [0.15, 0.2) is 0 Å². The van der Waals surface area contributed by atoms with E-state index in [4.69, 9.17) is 4.74 Å². The van der Waals surface area contributed by atoms with Crippen LogP contribution in [0.2, 0.25) is 0 Å². The van der Waals surface area contributed by atoms with Gasteiger partial charge < -0.3 is 4.74 Å². The predicted octanol–water partition coefficient (Wildman–Crippen LogP) is 3.74. The number of nitrogens with zero attached hydrogens (tertiary/aromatic N) is 3. The van der Waals surface area contributed by atoms with Crippen molar-refractivity contribution >= 4 is 23.2 Å². The maximum absolute atomic E-state index is 12.8. The second-order valence-corrected chi connectivity index (χ2v) is 9.64. The van der Waals surface area contributed by atoms with Crippen LogP contribution in [-0.4, -0.2) is 45.2 Å². The summed E-state index contributed by atoms with van der Waals surface area (Å²) in [5.41, 5.74) is -0.644. The summed E-state index contributed by atoms with van der Waals surface area (Å²) in [7, 11) is 0. The Morgan fingerprint density at radius 2 is 1.84 bits per heavy atom. The Bertz CT molecular complexity index is 628. The average molecular weight is 368 g/mol. The Balaban J connectivity index is 2.07. The van der Waals surface area contributed by atoms with Crippen LogP contribution < -0.4 is 0 Å². The molecule has 1 amide bonds. The van der Waals surface area contributed by atoms with Crippen molar-refractivity contribution in [2.24, 2.45) is 0 Å². The molecule has 6 nitrogen and oxygen atoms in total. The summed E-state index contributed by atoms with van der Waals surface area (Å²) in [4.78, 5) is 26.8. The van der Waals surface area contributed by atoms with Gasteiger partial charge in [0.05, 0.1) is 12.5 Å². The zero-order chi connectivity index (χ0) is 18.8. The van der Waals surface area contributed by atoms with Crippen molar-refractivity contribution < 1.29 is 14.3 Å². The van der Waals surface area contributed by atoms with E-state index >= 15 is 0 Å². The molecule has 0 aliphatic carbocycles. The van der Waals surface area contributed by atoms with Crippen molar-refractivity contribution in [2.45, 2.75) is 84.3 Å². The van der Waals surface area contributed by atoms with Crippen molar-refractivity contribution in [3.63, 3.8) is 0 Å². The van der Waals surface area contributed by atoms with Gasteiger partial charge in [-0.05, 0) is 40.0 Å². The summed E-state index contributed by atoms with van der Waals surface area (Å²) >= 11 is 1.47. The molecule has 0 N–H and O–H groups in total. The number of ketones is 1. The van der Waals surface area contributed by atoms with Gasteiger partial charge in [0.1, 0.15) is 15.6 Å².